The Bertz CT molecular complexity index is 829. The highest BCUT2D eigenvalue weighted by Gasteiger charge is 2.17. The fourth-order valence-electron chi connectivity index (χ4n) is 3.63. The normalized spacial score (nSPS) is 20.6. The number of benzene rings is 1. The second-order valence-corrected chi connectivity index (χ2v) is 9.21. The Morgan fingerprint density at radius 1 is 1.20 bits per heavy atom. The molecule has 0 aromatic heterocycles. The van der Waals surface area contributed by atoms with E-state index in [4.69, 9.17) is 9.29 Å². The monoisotopic (exact) mass is 437 g/mol. The quantitative estimate of drug-likeness (QED) is 0.556. The zero-order valence-electron chi connectivity index (χ0n) is 18.4. The molecule has 0 radical (unpaired) electrons. The predicted molar refractivity (Wildman–Crippen MR) is 119 cm³/mol. The molecule has 1 saturated carbocycles. The van der Waals surface area contributed by atoms with E-state index in [0.29, 0.717) is 6.04 Å². The van der Waals surface area contributed by atoms with Gasteiger partial charge < -0.3 is 4.74 Å². The van der Waals surface area contributed by atoms with Gasteiger partial charge in [0.2, 0.25) is 0 Å². The number of nitrogens with zero attached hydrogens (tertiary/aromatic N) is 3. The average Bonchev–Trinajstić information content (AvgIpc) is 2.74. The van der Waals surface area contributed by atoms with E-state index >= 15 is 0 Å². The summed E-state index contributed by atoms with van der Waals surface area (Å²) in [6, 6.07) is 7.93. The topological polar surface area (TPSA) is 91.6 Å². The molecule has 8 heteroatoms. The summed E-state index contributed by atoms with van der Waals surface area (Å²) in [5.41, 5.74) is 1.98. The molecular weight excluding hydrogens is 402 g/mol. The van der Waals surface area contributed by atoms with Gasteiger partial charge in [-0.25, -0.2) is 4.99 Å². The van der Waals surface area contributed by atoms with Crippen LogP contribution in [0.5, 0.6) is 0 Å². The van der Waals surface area contributed by atoms with Crippen LogP contribution in [0, 0.1) is 6.92 Å². The van der Waals surface area contributed by atoms with Crippen LogP contribution >= 0.6 is 0 Å². The zero-order valence-corrected chi connectivity index (χ0v) is 19.2. The summed E-state index contributed by atoms with van der Waals surface area (Å²) < 4.78 is 35.9. The Hall–Kier alpha value is -1.57. The molecule has 2 fully saturated rings. The molecule has 0 spiro atoms. The van der Waals surface area contributed by atoms with Crippen molar-refractivity contribution in [3.05, 3.63) is 29.3 Å². The van der Waals surface area contributed by atoms with Gasteiger partial charge in [-0.1, -0.05) is 39.2 Å². The van der Waals surface area contributed by atoms with Crippen LogP contribution in [-0.2, 0) is 21.3 Å². The molecule has 168 valence electrons. The van der Waals surface area contributed by atoms with E-state index in [1.807, 2.05) is 13.8 Å². The Labute approximate surface area is 181 Å². The van der Waals surface area contributed by atoms with Crippen LogP contribution in [0.3, 0.4) is 0 Å². The summed E-state index contributed by atoms with van der Waals surface area (Å²) in [4.78, 5) is 11.0. The van der Waals surface area contributed by atoms with Crippen molar-refractivity contribution in [3.8, 4) is 0 Å². The third-order valence-corrected chi connectivity index (χ3v) is 6.45. The summed E-state index contributed by atoms with van der Waals surface area (Å²) in [6.45, 7) is 9.75. The number of ether oxygens (including phenoxy) is 1. The maximum Gasteiger partial charge on any atom is 0.294 e. The molecule has 1 heterocycles. The van der Waals surface area contributed by atoms with Crippen LogP contribution in [0.2, 0.25) is 0 Å². The highest BCUT2D eigenvalue weighted by Crippen LogP contribution is 2.19. The number of aryl methyl sites for hydroxylation is 2. The molecule has 0 bridgehead atoms. The van der Waals surface area contributed by atoms with E-state index < -0.39 is 10.1 Å². The predicted octanol–water partition coefficient (Wildman–Crippen LogP) is 3.98. The molecule has 30 heavy (non-hydrogen) atoms. The van der Waals surface area contributed by atoms with E-state index in [1.54, 1.807) is 6.07 Å². The van der Waals surface area contributed by atoms with Crippen molar-refractivity contribution in [2.75, 3.05) is 26.2 Å². The zero-order chi connectivity index (χ0) is 22.0. The molecule has 1 N–H and O–H groups in total. The minimum Gasteiger partial charge on any atom is -0.353 e. The van der Waals surface area contributed by atoms with Crippen LogP contribution in [-0.4, -0.2) is 62.4 Å². The molecule has 3 rings (SSSR count). The molecule has 0 amide bonds. The smallest absolute Gasteiger partial charge is 0.294 e. The molecule has 1 unspecified atom stereocenters. The third kappa shape index (κ3) is 8.28. The first kappa shape index (κ1) is 24.7. The van der Waals surface area contributed by atoms with Crippen molar-refractivity contribution in [2.45, 2.75) is 76.5 Å². The standard InChI is InChI=1S/C13H23N3O.C9H12O3S/c1-2-16-8-9-17-13(10-16)15-11-14-12-6-4-3-5-7-12;1-3-8-6-9(13(10,11)12)5-4-7(8)2/h12-13H,2-10H2,1H3;4-6H,3H2,1-2H3,(H,10,11,12). The molecular formula is C22H35N3O4S. The minimum absolute atomic E-state index is 0.0325. The van der Waals surface area contributed by atoms with Crippen molar-refractivity contribution < 1.29 is 17.7 Å². The first-order chi connectivity index (χ1) is 14.3. The molecule has 1 aromatic carbocycles. The van der Waals surface area contributed by atoms with Gasteiger partial charge in [-0.2, -0.15) is 13.4 Å². The first-order valence-electron chi connectivity index (χ1n) is 10.9. The van der Waals surface area contributed by atoms with Crippen LogP contribution < -0.4 is 0 Å². The first-order valence-corrected chi connectivity index (χ1v) is 12.3. The van der Waals surface area contributed by atoms with Crippen LogP contribution in [0.1, 0.15) is 57.1 Å². The van der Waals surface area contributed by atoms with Gasteiger partial charge in [-0.3, -0.25) is 9.45 Å². The summed E-state index contributed by atoms with van der Waals surface area (Å²) in [6.07, 6.45) is 7.08. The fourth-order valence-corrected chi connectivity index (χ4v) is 4.16. The van der Waals surface area contributed by atoms with E-state index in [0.717, 1.165) is 43.8 Å². The maximum absolute atomic E-state index is 10.8. The van der Waals surface area contributed by atoms with Crippen molar-refractivity contribution in [1.29, 1.82) is 0 Å². The molecule has 1 aliphatic carbocycles. The fraction of sp³-hybridized carbons (Fsp3) is 0.682. The molecule has 1 saturated heterocycles. The number of hydrogen-bond donors (Lipinski definition) is 1. The lowest BCUT2D eigenvalue weighted by Crippen LogP contribution is -2.41. The summed E-state index contributed by atoms with van der Waals surface area (Å²) in [5, 5.41) is 0. The number of likely N-dealkylation sites (N-methyl/N-ethyl adjacent to an activating group) is 1. The highest BCUT2D eigenvalue weighted by molar-refractivity contribution is 7.85. The van der Waals surface area contributed by atoms with Gasteiger partial charge >= 0.3 is 0 Å². The van der Waals surface area contributed by atoms with Gasteiger partial charge in [0.05, 0.1) is 23.6 Å². The number of morpholine rings is 1. The van der Waals surface area contributed by atoms with Crippen molar-refractivity contribution in [1.82, 2.24) is 4.90 Å². The lowest BCUT2D eigenvalue weighted by molar-refractivity contribution is -0.0209. The van der Waals surface area contributed by atoms with Crippen LogP contribution in [0.25, 0.3) is 0 Å². The molecule has 1 atom stereocenters. The van der Waals surface area contributed by atoms with E-state index in [1.165, 1.54) is 44.2 Å². The summed E-state index contributed by atoms with van der Waals surface area (Å²) >= 11 is 0. The van der Waals surface area contributed by atoms with E-state index in [9.17, 15) is 8.42 Å². The Morgan fingerprint density at radius 3 is 2.57 bits per heavy atom. The minimum atomic E-state index is -4.05. The van der Waals surface area contributed by atoms with Crippen LogP contribution in [0.4, 0.5) is 0 Å². The van der Waals surface area contributed by atoms with Crippen molar-refractivity contribution in [2.24, 2.45) is 9.98 Å². The number of rotatable bonds is 5. The van der Waals surface area contributed by atoms with Gasteiger partial charge in [0, 0.05) is 13.1 Å². The van der Waals surface area contributed by atoms with Gasteiger partial charge in [-0.05, 0) is 56.0 Å². The highest BCUT2D eigenvalue weighted by atomic mass is 32.2. The molecule has 7 nitrogen and oxygen atoms in total. The third-order valence-electron chi connectivity index (χ3n) is 5.60. The van der Waals surface area contributed by atoms with E-state index in [2.05, 4.69) is 27.8 Å². The Kier molecular flexibility index (Phi) is 10.1. The van der Waals surface area contributed by atoms with Crippen molar-refractivity contribution >= 4 is 16.1 Å². The molecule has 1 aromatic rings. The summed E-state index contributed by atoms with van der Waals surface area (Å²) in [7, 11) is -4.05. The summed E-state index contributed by atoms with van der Waals surface area (Å²) in [5.74, 6) is 0. The number of aliphatic imine (C=N–C) groups is 2. The Balaban J connectivity index is 0.000000222. The van der Waals surface area contributed by atoms with Crippen molar-refractivity contribution in [3.63, 3.8) is 0 Å². The van der Waals surface area contributed by atoms with E-state index in [-0.39, 0.29) is 11.1 Å². The SMILES string of the molecule is CCN1CCOC(N=C=NC2CCCCC2)C1.CCc1cc(S(=O)(=O)O)ccc1C. The molecule has 1 aliphatic heterocycles. The lowest BCUT2D eigenvalue weighted by Gasteiger charge is -2.29. The lowest BCUT2D eigenvalue weighted by atomic mass is 9.96. The second-order valence-electron chi connectivity index (χ2n) is 7.79. The second kappa shape index (κ2) is 12.3. The number of hydrogen-bond acceptors (Lipinski definition) is 6. The van der Waals surface area contributed by atoms with Crippen LogP contribution in [0.15, 0.2) is 33.1 Å². The van der Waals surface area contributed by atoms with Gasteiger partial charge in [-0.15, -0.1) is 0 Å². The molecule has 2 aliphatic rings. The average molecular weight is 438 g/mol. The van der Waals surface area contributed by atoms with Gasteiger partial charge in [0.25, 0.3) is 10.1 Å². The largest absolute Gasteiger partial charge is 0.353 e. The van der Waals surface area contributed by atoms with Gasteiger partial charge in [0.15, 0.2) is 6.23 Å². The van der Waals surface area contributed by atoms with Gasteiger partial charge in [0.1, 0.15) is 0 Å². The Morgan fingerprint density at radius 2 is 1.93 bits per heavy atom. The maximum atomic E-state index is 10.8.